The van der Waals surface area contributed by atoms with E-state index >= 15 is 0 Å². The van der Waals surface area contributed by atoms with Gasteiger partial charge in [-0.05, 0) is 43.2 Å². The van der Waals surface area contributed by atoms with Gasteiger partial charge in [0.05, 0.1) is 4.83 Å². The molecule has 0 amide bonds. The van der Waals surface area contributed by atoms with E-state index in [1.54, 1.807) is 0 Å². The maximum Gasteiger partial charge on any atom is 0.0738 e. The molecule has 0 saturated heterocycles. The lowest BCUT2D eigenvalue weighted by Gasteiger charge is -2.09. The van der Waals surface area contributed by atoms with Gasteiger partial charge in [-0.15, -0.1) is 11.3 Å². The monoisotopic (exact) mass is 358 g/mol. The average Bonchev–Trinajstić information content (AvgIpc) is 2.68. The normalized spacial score (nSPS) is 12.8. The van der Waals surface area contributed by atoms with E-state index in [2.05, 4.69) is 76.0 Å². The fourth-order valence-electron chi connectivity index (χ4n) is 1.58. The smallest absolute Gasteiger partial charge is 0.0738 e. The van der Waals surface area contributed by atoms with Gasteiger partial charge in [0.25, 0.3) is 0 Å². The number of benzene rings is 1. The van der Waals surface area contributed by atoms with Crippen LogP contribution in [-0.4, -0.2) is 0 Å². The van der Waals surface area contributed by atoms with Crippen molar-refractivity contribution in [1.29, 1.82) is 0 Å². The molecule has 0 spiro atoms. The summed E-state index contributed by atoms with van der Waals surface area (Å²) in [7, 11) is 0. The second-order valence-electron chi connectivity index (χ2n) is 3.82. The molecule has 1 atom stereocenters. The number of aryl methyl sites for hydroxylation is 2. The third-order valence-corrected chi connectivity index (χ3v) is 5.77. The summed E-state index contributed by atoms with van der Waals surface area (Å²) >= 11 is 9.13. The molecule has 0 N–H and O–H groups in total. The lowest BCUT2D eigenvalue weighted by atomic mass is 10.1. The van der Waals surface area contributed by atoms with Gasteiger partial charge in [0.1, 0.15) is 0 Å². The van der Waals surface area contributed by atoms with Crippen LogP contribution in [0.25, 0.3) is 0 Å². The van der Waals surface area contributed by atoms with Crippen molar-refractivity contribution in [3.63, 3.8) is 0 Å². The summed E-state index contributed by atoms with van der Waals surface area (Å²) in [5, 5.41) is 0. The van der Waals surface area contributed by atoms with Crippen molar-refractivity contribution in [3.05, 3.63) is 55.7 Å². The van der Waals surface area contributed by atoms with Crippen LogP contribution in [0.1, 0.15) is 25.7 Å². The zero-order valence-electron chi connectivity index (χ0n) is 9.13. The minimum Gasteiger partial charge on any atom is -0.144 e. The molecule has 1 aromatic heterocycles. The second-order valence-corrected chi connectivity index (χ2v) is 6.91. The highest BCUT2D eigenvalue weighted by Crippen LogP contribution is 2.36. The molecular formula is C13H12Br2S. The summed E-state index contributed by atoms with van der Waals surface area (Å²) in [6.07, 6.45) is 0. The van der Waals surface area contributed by atoms with Gasteiger partial charge in [-0.2, -0.15) is 0 Å². The molecule has 1 heterocycles. The van der Waals surface area contributed by atoms with Gasteiger partial charge >= 0.3 is 0 Å². The molecule has 0 fully saturated rings. The molecule has 1 aromatic carbocycles. The van der Waals surface area contributed by atoms with Crippen LogP contribution in [0, 0.1) is 13.8 Å². The minimum atomic E-state index is 0.304. The van der Waals surface area contributed by atoms with E-state index in [-0.39, 0.29) is 0 Å². The van der Waals surface area contributed by atoms with Crippen molar-refractivity contribution in [2.45, 2.75) is 18.7 Å². The van der Waals surface area contributed by atoms with Gasteiger partial charge in [-0.25, -0.2) is 0 Å². The summed E-state index contributed by atoms with van der Waals surface area (Å²) in [6, 6.07) is 10.8. The summed E-state index contributed by atoms with van der Waals surface area (Å²) < 4.78 is 1.17. The first kappa shape index (κ1) is 12.3. The Hall–Kier alpha value is -0.120. The van der Waals surface area contributed by atoms with Gasteiger partial charge in [0, 0.05) is 14.2 Å². The van der Waals surface area contributed by atoms with Crippen LogP contribution in [0.15, 0.2) is 34.8 Å². The summed E-state index contributed by atoms with van der Waals surface area (Å²) in [5.74, 6) is 0. The molecule has 84 valence electrons. The summed E-state index contributed by atoms with van der Waals surface area (Å²) in [4.78, 5) is 3.02. The van der Waals surface area contributed by atoms with E-state index in [1.165, 1.54) is 25.4 Å². The average molecular weight is 360 g/mol. The van der Waals surface area contributed by atoms with Crippen molar-refractivity contribution in [2.24, 2.45) is 0 Å². The molecule has 0 nitrogen and oxygen atoms in total. The third-order valence-electron chi connectivity index (χ3n) is 2.49. The van der Waals surface area contributed by atoms with Crippen LogP contribution in [-0.2, 0) is 0 Å². The molecule has 3 heteroatoms. The Bertz CT molecular complexity index is 502. The van der Waals surface area contributed by atoms with Gasteiger partial charge in [-0.3, -0.25) is 0 Å². The highest BCUT2D eigenvalue weighted by Gasteiger charge is 2.12. The zero-order valence-corrected chi connectivity index (χ0v) is 13.1. The quantitative estimate of drug-likeness (QED) is 0.611. The molecule has 2 rings (SSSR count). The van der Waals surface area contributed by atoms with E-state index < -0.39 is 0 Å². The van der Waals surface area contributed by atoms with Crippen molar-refractivity contribution in [1.82, 2.24) is 0 Å². The number of hydrogen-bond acceptors (Lipinski definition) is 1. The molecule has 2 aromatic rings. The lowest BCUT2D eigenvalue weighted by molar-refractivity contribution is 1.20. The van der Waals surface area contributed by atoms with E-state index in [0.717, 1.165) is 0 Å². The van der Waals surface area contributed by atoms with Gasteiger partial charge in [0.15, 0.2) is 0 Å². The molecule has 0 aliphatic rings. The first-order chi connectivity index (χ1) is 7.58. The molecule has 0 saturated carbocycles. The van der Waals surface area contributed by atoms with Crippen molar-refractivity contribution >= 4 is 43.2 Å². The second kappa shape index (κ2) is 5.03. The Morgan fingerprint density at radius 3 is 2.44 bits per heavy atom. The van der Waals surface area contributed by atoms with Crippen LogP contribution < -0.4 is 0 Å². The van der Waals surface area contributed by atoms with E-state index in [1.807, 2.05) is 11.3 Å². The van der Waals surface area contributed by atoms with Gasteiger partial charge in [0.2, 0.25) is 0 Å². The fraction of sp³-hybridized carbons (Fsp3) is 0.231. The summed E-state index contributed by atoms with van der Waals surface area (Å²) in [5.41, 5.74) is 2.58. The maximum absolute atomic E-state index is 3.76. The van der Waals surface area contributed by atoms with Crippen molar-refractivity contribution in [2.75, 3.05) is 0 Å². The Morgan fingerprint density at radius 2 is 1.88 bits per heavy atom. The number of alkyl halides is 1. The van der Waals surface area contributed by atoms with Crippen LogP contribution in [0.4, 0.5) is 0 Å². The first-order valence-electron chi connectivity index (χ1n) is 5.04. The maximum atomic E-state index is 3.76. The summed E-state index contributed by atoms with van der Waals surface area (Å²) in [6.45, 7) is 4.26. The largest absolute Gasteiger partial charge is 0.144 e. The molecule has 0 bridgehead atoms. The highest BCUT2D eigenvalue weighted by atomic mass is 79.9. The third kappa shape index (κ3) is 2.58. The van der Waals surface area contributed by atoms with Gasteiger partial charge < -0.3 is 0 Å². The van der Waals surface area contributed by atoms with Crippen LogP contribution >= 0.6 is 43.2 Å². The van der Waals surface area contributed by atoms with Crippen molar-refractivity contribution < 1.29 is 0 Å². The minimum absolute atomic E-state index is 0.304. The predicted octanol–water partition coefficient (Wildman–Crippen LogP) is 5.61. The standard InChI is InChI=1S/C13H12Br2S/c1-8-7-10(4-5-11(8)14)13(15)12-6-3-9(2)16-12/h3-7,13H,1-2H3. The number of hydrogen-bond donors (Lipinski definition) is 0. The first-order valence-corrected chi connectivity index (χ1v) is 7.57. The SMILES string of the molecule is Cc1ccc(C(Br)c2ccc(Br)c(C)c2)s1. The Morgan fingerprint density at radius 1 is 1.12 bits per heavy atom. The van der Waals surface area contributed by atoms with Crippen molar-refractivity contribution in [3.8, 4) is 0 Å². The Balaban J connectivity index is 2.33. The van der Waals surface area contributed by atoms with Crippen LogP contribution in [0.3, 0.4) is 0 Å². The molecule has 16 heavy (non-hydrogen) atoms. The Labute approximate surface area is 117 Å². The molecule has 0 radical (unpaired) electrons. The zero-order chi connectivity index (χ0) is 11.7. The number of halogens is 2. The van der Waals surface area contributed by atoms with Gasteiger partial charge in [-0.1, -0.05) is 44.0 Å². The predicted molar refractivity (Wildman–Crippen MR) is 78.7 cm³/mol. The van der Waals surface area contributed by atoms with Crippen LogP contribution in [0.2, 0.25) is 0 Å². The number of rotatable bonds is 2. The number of thiophene rings is 1. The molecule has 1 unspecified atom stereocenters. The highest BCUT2D eigenvalue weighted by molar-refractivity contribution is 9.10. The fourth-order valence-corrected chi connectivity index (χ4v) is 3.43. The Kier molecular flexibility index (Phi) is 3.88. The van der Waals surface area contributed by atoms with E-state index in [9.17, 15) is 0 Å². The van der Waals surface area contributed by atoms with E-state index in [0.29, 0.717) is 4.83 Å². The lowest BCUT2D eigenvalue weighted by Crippen LogP contribution is -1.90. The molecule has 0 aliphatic carbocycles. The molecular weight excluding hydrogens is 348 g/mol. The van der Waals surface area contributed by atoms with Crippen LogP contribution in [0.5, 0.6) is 0 Å². The van der Waals surface area contributed by atoms with E-state index in [4.69, 9.17) is 0 Å². The molecule has 0 aliphatic heterocycles. The topological polar surface area (TPSA) is 0 Å².